The normalized spacial score (nSPS) is 14.1. The number of hydrogen-bond donors (Lipinski definition) is 1. The molecule has 2 aromatic rings. The van der Waals surface area contributed by atoms with Crippen LogP contribution in [0.1, 0.15) is 17.4 Å². The molecular formula is C15H17BrO2S. The van der Waals surface area contributed by atoms with E-state index in [0.29, 0.717) is 12.8 Å². The Morgan fingerprint density at radius 2 is 1.89 bits per heavy atom. The van der Waals surface area contributed by atoms with E-state index in [0.717, 1.165) is 15.8 Å². The van der Waals surface area contributed by atoms with Crippen molar-refractivity contribution in [1.29, 1.82) is 0 Å². The Balaban J connectivity index is 2.05. The molecule has 1 aromatic heterocycles. The molecule has 1 unspecified atom stereocenters. The average molecular weight is 341 g/mol. The van der Waals surface area contributed by atoms with Crippen LogP contribution in [0.15, 0.2) is 40.2 Å². The quantitative estimate of drug-likeness (QED) is 0.889. The summed E-state index contributed by atoms with van der Waals surface area (Å²) in [7, 11) is 1.65. The topological polar surface area (TPSA) is 29.5 Å². The molecule has 1 atom stereocenters. The van der Waals surface area contributed by atoms with Crippen LogP contribution in [0.4, 0.5) is 0 Å². The Morgan fingerprint density at radius 1 is 1.21 bits per heavy atom. The molecule has 4 heteroatoms. The minimum Gasteiger partial charge on any atom is -0.497 e. The molecule has 0 amide bonds. The van der Waals surface area contributed by atoms with Crippen molar-refractivity contribution >= 4 is 27.3 Å². The predicted molar refractivity (Wildman–Crippen MR) is 83.0 cm³/mol. The Hall–Kier alpha value is -0.840. The summed E-state index contributed by atoms with van der Waals surface area (Å²) >= 11 is 5.17. The van der Waals surface area contributed by atoms with Crippen LogP contribution in [0.5, 0.6) is 5.75 Å². The van der Waals surface area contributed by atoms with Gasteiger partial charge in [-0.1, -0.05) is 12.1 Å². The maximum absolute atomic E-state index is 10.5. The highest BCUT2D eigenvalue weighted by Crippen LogP contribution is 2.28. The minimum absolute atomic E-state index is 0.626. The van der Waals surface area contributed by atoms with Crippen molar-refractivity contribution in [3.63, 3.8) is 0 Å². The van der Waals surface area contributed by atoms with Crippen molar-refractivity contribution in [2.75, 3.05) is 7.11 Å². The van der Waals surface area contributed by atoms with Crippen molar-refractivity contribution in [1.82, 2.24) is 0 Å². The molecule has 1 N–H and O–H groups in total. The van der Waals surface area contributed by atoms with Crippen LogP contribution in [0.2, 0.25) is 0 Å². The number of ether oxygens (including phenoxy) is 1. The fourth-order valence-electron chi connectivity index (χ4n) is 2.04. The van der Waals surface area contributed by atoms with Gasteiger partial charge in [0.1, 0.15) is 5.75 Å². The van der Waals surface area contributed by atoms with Gasteiger partial charge in [-0.05, 0) is 52.0 Å². The zero-order valence-corrected chi connectivity index (χ0v) is 13.4. The molecule has 102 valence electrons. The molecule has 0 radical (unpaired) electrons. The molecule has 0 saturated carbocycles. The first kappa shape index (κ1) is 14.6. The molecule has 1 aromatic carbocycles. The van der Waals surface area contributed by atoms with Crippen molar-refractivity contribution in [3.05, 3.63) is 50.6 Å². The van der Waals surface area contributed by atoms with E-state index in [9.17, 15) is 5.11 Å². The van der Waals surface area contributed by atoms with E-state index in [1.165, 1.54) is 4.88 Å². The molecule has 1 heterocycles. The lowest BCUT2D eigenvalue weighted by Crippen LogP contribution is -2.29. The van der Waals surface area contributed by atoms with Gasteiger partial charge in [-0.3, -0.25) is 0 Å². The maximum Gasteiger partial charge on any atom is 0.118 e. The molecule has 0 aliphatic rings. The number of aliphatic hydroxyl groups is 1. The van der Waals surface area contributed by atoms with E-state index >= 15 is 0 Å². The van der Waals surface area contributed by atoms with Crippen LogP contribution < -0.4 is 4.74 Å². The molecule has 0 aliphatic carbocycles. The van der Waals surface area contributed by atoms with Gasteiger partial charge in [-0.2, -0.15) is 0 Å². The van der Waals surface area contributed by atoms with Crippen LogP contribution in [0, 0.1) is 0 Å². The number of methoxy groups -OCH3 is 1. The van der Waals surface area contributed by atoms with Crippen molar-refractivity contribution in [2.24, 2.45) is 0 Å². The lowest BCUT2D eigenvalue weighted by Gasteiger charge is -2.23. The fourth-order valence-corrected chi connectivity index (χ4v) is 3.71. The van der Waals surface area contributed by atoms with Gasteiger partial charge >= 0.3 is 0 Å². The number of halogens is 1. The third kappa shape index (κ3) is 4.06. The summed E-state index contributed by atoms with van der Waals surface area (Å²) in [5.74, 6) is 0.837. The van der Waals surface area contributed by atoms with Gasteiger partial charge in [0, 0.05) is 22.2 Å². The second-order valence-electron chi connectivity index (χ2n) is 4.89. The van der Waals surface area contributed by atoms with Crippen molar-refractivity contribution < 1.29 is 9.84 Å². The van der Waals surface area contributed by atoms with E-state index < -0.39 is 5.60 Å². The highest BCUT2D eigenvalue weighted by Gasteiger charge is 2.23. The van der Waals surface area contributed by atoms with Crippen molar-refractivity contribution in [2.45, 2.75) is 25.4 Å². The fraction of sp³-hybridized carbons (Fsp3) is 0.333. The second-order valence-corrected chi connectivity index (χ2v) is 6.75. The third-order valence-electron chi connectivity index (χ3n) is 2.98. The summed E-state index contributed by atoms with van der Waals surface area (Å²) in [4.78, 5) is 1.18. The first-order valence-electron chi connectivity index (χ1n) is 6.07. The summed E-state index contributed by atoms with van der Waals surface area (Å²) in [5.41, 5.74) is 0.362. The lowest BCUT2D eigenvalue weighted by atomic mass is 9.92. The first-order chi connectivity index (χ1) is 9.00. The Kier molecular flexibility index (Phi) is 4.66. The summed E-state index contributed by atoms with van der Waals surface area (Å²) in [6.45, 7) is 1.88. The maximum atomic E-state index is 10.5. The van der Waals surface area contributed by atoms with Crippen LogP contribution in [0.3, 0.4) is 0 Å². The molecule has 0 spiro atoms. The molecule has 0 bridgehead atoms. The molecular weight excluding hydrogens is 324 g/mol. The highest BCUT2D eigenvalue weighted by molar-refractivity contribution is 9.10. The summed E-state index contributed by atoms with van der Waals surface area (Å²) < 4.78 is 6.21. The number of rotatable bonds is 5. The van der Waals surface area contributed by atoms with Crippen LogP contribution in [0.25, 0.3) is 0 Å². The van der Waals surface area contributed by atoms with Crippen LogP contribution in [-0.4, -0.2) is 17.8 Å². The van der Waals surface area contributed by atoms with Crippen molar-refractivity contribution in [3.8, 4) is 5.75 Å². The van der Waals surface area contributed by atoms with E-state index in [-0.39, 0.29) is 0 Å². The van der Waals surface area contributed by atoms with Gasteiger partial charge in [-0.15, -0.1) is 11.3 Å². The average Bonchev–Trinajstić information content (AvgIpc) is 2.75. The monoisotopic (exact) mass is 340 g/mol. The van der Waals surface area contributed by atoms with Gasteiger partial charge in [0.25, 0.3) is 0 Å². The second kappa shape index (κ2) is 6.07. The predicted octanol–water partition coefficient (Wildman–Crippen LogP) is 4.06. The Labute approximate surface area is 126 Å². The largest absolute Gasteiger partial charge is 0.497 e. The summed E-state index contributed by atoms with van der Waals surface area (Å²) in [6.07, 6.45) is 1.28. The molecule has 2 nitrogen and oxygen atoms in total. The zero-order chi connectivity index (χ0) is 13.9. The third-order valence-corrected chi connectivity index (χ3v) is 4.90. The zero-order valence-electron chi connectivity index (χ0n) is 11.0. The molecule has 2 rings (SSSR count). The van der Waals surface area contributed by atoms with Gasteiger partial charge in [-0.25, -0.2) is 0 Å². The number of hydrogen-bond acceptors (Lipinski definition) is 3. The van der Waals surface area contributed by atoms with Gasteiger partial charge < -0.3 is 9.84 Å². The Morgan fingerprint density at radius 3 is 2.42 bits per heavy atom. The summed E-state index contributed by atoms with van der Waals surface area (Å²) in [5, 5.41) is 12.6. The minimum atomic E-state index is -0.748. The summed E-state index contributed by atoms with van der Waals surface area (Å²) in [6, 6.07) is 9.86. The van der Waals surface area contributed by atoms with Crippen LogP contribution >= 0.6 is 27.3 Å². The van der Waals surface area contributed by atoms with Gasteiger partial charge in [0.05, 0.1) is 12.7 Å². The first-order valence-corrected chi connectivity index (χ1v) is 7.75. The Bertz CT molecular complexity index is 531. The van der Waals surface area contributed by atoms with Gasteiger partial charge in [0.15, 0.2) is 0 Å². The van der Waals surface area contributed by atoms with E-state index in [4.69, 9.17) is 4.74 Å². The standard InChI is InChI=1S/C15H17BrO2S/c1-15(17,10-14-13(16)7-8-19-14)9-11-3-5-12(18-2)6-4-11/h3-8,17H,9-10H2,1-2H3. The number of benzene rings is 1. The molecule has 19 heavy (non-hydrogen) atoms. The smallest absolute Gasteiger partial charge is 0.118 e. The van der Waals surface area contributed by atoms with E-state index in [1.54, 1.807) is 18.4 Å². The lowest BCUT2D eigenvalue weighted by molar-refractivity contribution is 0.0615. The SMILES string of the molecule is COc1ccc(CC(C)(O)Cc2sccc2Br)cc1. The number of thiophene rings is 1. The molecule has 0 saturated heterocycles. The van der Waals surface area contributed by atoms with E-state index in [2.05, 4.69) is 15.9 Å². The van der Waals surface area contributed by atoms with E-state index in [1.807, 2.05) is 42.6 Å². The molecule has 0 aliphatic heterocycles. The van der Waals surface area contributed by atoms with Gasteiger partial charge in [0.2, 0.25) is 0 Å². The molecule has 0 fully saturated rings. The highest BCUT2D eigenvalue weighted by atomic mass is 79.9. The van der Waals surface area contributed by atoms with Crippen LogP contribution in [-0.2, 0) is 12.8 Å².